The first-order valence-corrected chi connectivity index (χ1v) is 9.47. The number of aryl methyl sites for hydroxylation is 1. The van der Waals surface area contributed by atoms with Crippen LogP contribution in [-0.2, 0) is 6.42 Å². The van der Waals surface area contributed by atoms with Crippen LogP contribution in [0, 0.1) is 17.8 Å². The fourth-order valence-electron chi connectivity index (χ4n) is 2.89. The van der Waals surface area contributed by atoms with Crippen LogP contribution in [0.2, 0.25) is 5.02 Å². The third kappa shape index (κ3) is 4.70. The Bertz CT molecular complexity index is 937. The van der Waals surface area contributed by atoms with E-state index in [-0.39, 0.29) is 5.69 Å². The maximum atomic E-state index is 14.7. The molecule has 1 nitrogen and oxygen atoms in total. The Morgan fingerprint density at radius 2 is 1.67 bits per heavy atom. The minimum atomic E-state index is -0.393. The van der Waals surface area contributed by atoms with E-state index >= 15 is 0 Å². The molecule has 0 bridgehead atoms. The van der Waals surface area contributed by atoms with Gasteiger partial charge < -0.3 is 0 Å². The van der Waals surface area contributed by atoms with Crippen molar-refractivity contribution in [1.29, 1.82) is 0 Å². The van der Waals surface area contributed by atoms with Crippen molar-refractivity contribution in [3.63, 3.8) is 0 Å². The Morgan fingerprint density at radius 3 is 2.41 bits per heavy atom. The molecule has 0 heterocycles. The van der Waals surface area contributed by atoms with Crippen molar-refractivity contribution in [3.05, 3.63) is 94.8 Å². The highest BCUT2D eigenvalue weighted by atomic mass is 35.5. The summed E-state index contributed by atoms with van der Waals surface area (Å²) >= 11 is 6.36. The average molecular weight is 378 g/mol. The molecule has 0 saturated carbocycles. The van der Waals surface area contributed by atoms with Gasteiger partial charge in [0, 0.05) is 11.6 Å². The van der Waals surface area contributed by atoms with Crippen LogP contribution in [0.15, 0.2) is 72.8 Å². The maximum absolute atomic E-state index is 14.7. The predicted octanol–water partition coefficient (Wildman–Crippen LogP) is 6.97. The molecule has 0 spiro atoms. The van der Waals surface area contributed by atoms with Gasteiger partial charge in [-0.1, -0.05) is 67.4 Å². The van der Waals surface area contributed by atoms with E-state index in [1.54, 1.807) is 17.0 Å². The molecule has 0 amide bonds. The summed E-state index contributed by atoms with van der Waals surface area (Å²) < 4.78 is 14.7. The first-order chi connectivity index (χ1) is 13.2. The molecule has 0 unspecified atom stereocenters. The normalized spacial score (nSPS) is 10.2. The summed E-state index contributed by atoms with van der Waals surface area (Å²) in [6.45, 7) is 2.16. The zero-order valence-electron chi connectivity index (χ0n) is 15.3. The Labute approximate surface area is 165 Å². The smallest absolute Gasteiger partial charge is 0.149 e. The SMILES string of the molecule is CCCCc1ccccc1N(C#Cc1ccccc1)c1c(F)cccc1Cl. The lowest BCUT2D eigenvalue weighted by Gasteiger charge is -2.22. The van der Waals surface area contributed by atoms with Crippen molar-refractivity contribution in [3.8, 4) is 12.0 Å². The number of rotatable bonds is 5. The molecule has 0 radical (unpaired) electrons. The highest BCUT2D eigenvalue weighted by Crippen LogP contribution is 2.36. The summed E-state index contributed by atoms with van der Waals surface area (Å²) in [5, 5.41) is 0.336. The maximum Gasteiger partial charge on any atom is 0.149 e. The highest BCUT2D eigenvalue weighted by molar-refractivity contribution is 6.33. The molecule has 0 aliphatic heterocycles. The molecular formula is C24H21ClFN. The minimum absolute atomic E-state index is 0.284. The van der Waals surface area contributed by atoms with Crippen molar-refractivity contribution in [1.82, 2.24) is 0 Å². The van der Waals surface area contributed by atoms with Gasteiger partial charge in [0.15, 0.2) is 0 Å². The molecule has 3 aromatic rings. The number of halogens is 2. The van der Waals surface area contributed by atoms with Crippen molar-refractivity contribution < 1.29 is 4.39 Å². The molecule has 3 heteroatoms. The van der Waals surface area contributed by atoms with Crippen LogP contribution in [0.4, 0.5) is 15.8 Å². The van der Waals surface area contributed by atoms with Gasteiger partial charge >= 0.3 is 0 Å². The van der Waals surface area contributed by atoms with Gasteiger partial charge in [-0.2, -0.15) is 0 Å². The van der Waals surface area contributed by atoms with E-state index in [1.807, 2.05) is 48.5 Å². The highest BCUT2D eigenvalue weighted by Gasteiger charge is 2.18. The number of hydrogen-bond acceptors (Lipinski definition) is 1. The molecule has 0 fully saturated rings. The molecule has 0 aromatic heterocycles. The van der Waals surface area contributed by atoms with Crippen molar-refractivity contribution >= 4 is 23.0 Å². The molecule has 27 heavy (non-hydrogen) atoms. The Morgan fingerprint density at radius 1 is 0.926 bits per heavy atom. The second-order valence-corrected chi connectivity index (χ2v) is 6.65. The first-order valence-electron chi connectivity index (χ1n) is 9.09. The van der Waals surface area contributed by atoms with Crippen LogP contribution in [-0.4, -0.2) is 0 Å². The lowest BCUT2D eigenvalue weighted by Crippen LogP contribution is -2.14. The summed E-state index contributed by atoms with van der Waals surface area (Å²) in [7, 11) is 0. The zero-order chi connectivity index (χ0) is 19.1. The van der Waals surface area contributed by atoms with Crippen LogP contribution >= 0.6 is 11.6 Å². The molecule has 0 aliphatic carbocycles. The predicted molar refractivity (Wildman–Crippen MR) is 112 cm³/mol. The van der Waals surface area contributed by atoms with Crippen LogP contribution < -0.4 is 4.90 Å². The van der Waals surface area contributed by atoms with Gasteiger partial charge in [0.05, 0.1) is 10.7 Å². The summed E-state index contributed by atoms with van der Waals surface area (Å²) in [5.74, 6) is 2.74. The fourth-order valence-corrected chi connectivity index (χ4v) is 3.14. The number of benzene rings is 3. The van der Waals surface area contributed by atoms with E-state index < -0.39 is 5.82 Å². The van der Waals surface area contributed by atoms with E-state index in [0.29, 0.717) is 5.02 Å². The van der Waals surface area contributed by atoms with Crippen LogP contribution in [0.25, 0.3) is 0 Å². The van der Waals surface area contributed by atoms with Crippen molar-refractivity contribution in [2.45, 2.75) is 26.2 Å². The third-order valence-corrected chi connectivity index (χ3v) is 4.58. The number of hydrogen-bond donors (Lipinski definition) is 0. The molecule has 0 saturated heterocycles. The topological polar surface area (TPSA) is 3.24 Å². The third-order valence-electron chi connectivity index (χ3n) is 4.28. The van der Waals surface area contributed by atoms with Gasteiger partial charge in [0.2, 0.25) is 0 Å². The van der Waals surface area contributed by atoms with Crippen LogP contribution in [0.3, 0.4) is 0 Å². The molecule has 0 N–H and O–H groups in total. The number of nitrogens with zero attached hydrogens (tertiary/aromatic N) is 1. The van der Waals surface area contributed by atoms with Gasteiger partial charge in [0.25, 0.3) is 0 Å². The monoisotopic (exact) mass is 377 g/mol. The van der Waals surface area contributed by atoms with E-state index in [1.165, 1.54) is 6.07 Å². The Balaban J connectivity index is 2.13. The van der Waals surface area contributed by atoms with Crippen molar-refractivity contribution in [2.24, 2.45) is 0 Å². The van der Waals surface area contributed by atoms with E-state index in [4.69, 9.17) is 11.6 Å². The second kappa shape index (κ2) is 9.26. The van der Waals surface area contributed by atoms with Gasteiger partial charge in [-0.25, -0.2) is 4.39 Å². The molecule has 0 aliphatic rings. The zero-order valence-corrected chi connectivity index (χ0v) is 16.0. The summed E-state index contributed by atoms with van der Waals surface area (Å²) in [4.78, 5) is 1.68. The molecular weight excluding hydrogens is 357 g/mol. The van der Waals surface area contributed by atoms with E-state index in [0.717, 1.165) is 36.1 Å². The number of para-hydroxylation sites is 2. The minimum Gasteiger partial charge on any atom is -0.265 e. The number of anilines is 2. The average Bonchev–Trinajstić information content (AvgIpc) is 2.70. The largest absolute Gasteiger partial charge is 0.265 e. The lowest BCUT2D eigenvalue weighted by atomic mass is 10.0. The standard InChI is InChI=1S/C24H21ClFN/c1-2-3-12-20-13-7-8-16-23(20)27(18-17-19-10-5-4-6-11-19)24-21(25)14-9-15-22(24)26/h4-11,13-16H,2-3,12H2,1H3. The second-order valence-electron chi connectivity index (χ2n) is 6.24. The molecule has 3 aromatic carbocycles. The van der Waals surface area contributed by atoms with E-state index in [9.17, 15) is 4.39 Å². The lowest BCUT2D eigenvalue weighted by molar-refractivity contribution is 0.629. The van der Waals surface area contributed by atoms with E-state index in [2.05, 4.69) is 25.0 Å². The fraction of sp³-hybridized carbons (Fsp3) is 0.167. The van der Waals surface area contributed by atoms with Gasteiger partial charge in [-0.3, -0.25) is 4.90 Å². The Kier molecular flexibility index (Phi) is 6.52. The summed E-state index contributed by atoms with van der Waals surface area (Å²) in [6, 6.07) is 25.5. The molecule has 3 rings (SSSR count). The summed E-state index contributed by atoms with van der Waals surface area (Å²) in [5.41, 5.74) is 3.13. The molecule has 136 valence electrons. The van der Waals surface area contributed by atoms with Crippen molar-refractivity contribution in [2.75, 3.05) is 4.90 Å². The van der Waals surface area contributed by atoms with Gasteiger partial charge in [-0.15, -0.1) is 0 Å². The molecule has 0 atom stereocenters. The first kappa shape index (κ1) is 19.0. The van der Waals surface area contributed by atoms with Gasteiger partial charge in [-0.05, 0) is 54.7 Å². The summed E-state index contributed by atoms with van der Waals surface area (Å²) in [6.07, 6.45) is 3.05. The van der Waals surface area contributed by atoms with Crippen LogP contribution in [0.5, 0.6) is 0 Å². The number of unbranched alkanes of at least 4 members (excludes halogenated alkanes) is 1. The van der Waals surface area contributed by atoms with Gasteiger partial charge in [0.1, 0.15) is 11.5 Å². The Hall–Kier alpha value is -2.76. The van der Waals surface area contributed by atoms with Crippen LogP contribution in [0.1, 0.15) is 30.9 Å². The quantitative estimate of drug-likeness (QED) is 0.343.